The van der Waals surface area contributed by atoms with E-state index in [1.807, 2.05) is 0 Å². The Kier molecular flexibility index (Phi) is 1.94. The van der Waals surface area contributed by atoms with Gasteiger partial charge < -0.3 is 0 Å². The molecule has 1 heterocycles. The molecule has 0 unspecified atom stereocenters. The average Bonchev–Trinajstić information content (AvgIpc) is 2.41. The Balaban J connectivity index is 2.27. The number of carbonyl (C=O) groups is 2. The van der Waals surface area contributed by atoms with E-state index in [0.29, 0.717) is 0 Å². The highest BCUT2D eigenvalue weighted by Crippen LogP contribution is 2.37. The highest BCUT2D eigenvalue weighted by Gasteiger charge is 2.46. The summed E-state index contributed by atoms with van der Waals surface area (Å²) in [6.45, 7) is 3.49. The van der Waals surface area contributed by atoms with Crippen molar-refractivity contribution in [2.75, 3.05) is 0 Å². The van der Waals surface area contributed by atoms with E-state index in [2.05, 4.69) is 6.58 Å². The summed E-state index contributed by atoms with van der Waals surface area (Å²) < 4.78 is 0. The van der Waals surface area contributed by atoms with Gasteiger partial charge in [0.15, 0.2) is 0 Å². The van der Waals surface area contributed by atoms with E-state index in [0.717, 1.165) is 25.7 Å². The lowest BCUT2D eigenvalue weighted by Crippen LogP contribution is -2.24. The fraction of sp³-hybridized carbons (Fsp3) is 0.600. The number of fused-ring (bicyclic) bond motifs is 1. The Labute approximate surface area is 77.4 Å². The molecule has 1 saturated carbocycles. The summed E-state index contributed by atoms with van der Waals surface area (Å²) in [6, 6.07) is 0. The van der Waals surface area contributed by atoms with Crippen LogP contribution in [0.1, 0.15) is 25.7 Å². The van der Waals surface area contributed by atoms with Crippen LogP contribution in [0.4, 0.5) is 0 Å². The van der Waals surface area contributed by atoms with Crippen LogP contribution in [0.15, 0.2) is 12.8 Å². The summed E-state index contributed by atoms with van der Waals surface area (Å²) in [6.07, 6.45) is 5.25. The van der Waals surface area contributed by atoms with Crippen LogP contribution in [0, 0.1) is 11.8 Å². The average molecular weight is 179 g/mol. The molecule has 2 fully saturated rings. The standard InChI is InChI=1S/C10H13NO2/c1-2-11-9(12)7-5-3-4-6-8(7)10(11)13/h2,7-8H,1,3-6H2/t7-,8+. The van der Waals surface area contributed by atoms with Gasteiger partial charge in [0.2, 0.25) is 11.8 Å². The Bertz CT molecular complexity index is 248. The van der Waals surface area contributed by atoms with Gasteiger partial charge >= 0.3 is 0 Å². The highest BCUT2D eigenvalue weighted by atomic mass is 16.2. The molecule has 1 aliphatic heterocycles. The maximum Gasteiger partial charge on any atom is 0.237 e. The third-order valence-electron chi connectivity index (χ3n) is 3.06. The van der Waals surface area contributed by atoms with Gasteiger partial charge in [-0.25, -0.2) is 0 Å². The number of likely N-dealkylation sites (tertiary alicyclic amines) is 1. The molecule has 0 bridgehead atoms. The zero-order valence-electron chi connectivity index (χ0n) is 7.53. The van der Waals surface area contributed by atoms with E-state index in [1.165, 1.54) is 11.1 Å². The zero-order chi connectivity index (χ0) is 9.42. The molecule has 0 spiro atoms. The number of imide groups is 1. The third kappa shape index (κ3) is 1.10. The van der Waals surface area contributed by atoms with E-state index < -0.39 is 0 Å². The first-order chi connectivity index (χ1) is 6.25. The molecule has 0 N–H and O–H groups in total. The number of nitrogens with zero attached hydrogens (tertiary/aromatic N) is 1. The molecule has 2 aliphatic rings. The van der Waals surface area contributed by atoms with Gasteiger partial charge in [0.05, 0.1) is 11.8 Å². The monoisotopic (exact) mass is 179 g/mol. The normalized spacial score (nSPS) is 33.4. The Morgan fingerprint density at radius 3 is 2.00 bits per heavy atom. The molecule has 70 valence electrons. The predicted octanol–water partition coefficient (Wildman–Crippen LogP) is 1.31. The predicted molar refractivity (Wildman–Crippen MR) is 47.5 cm³/mol. The molecule has 2 atom stereocenters. The van der Waals surface area contributed by atoms with E-state index in [4.69, 9.17) is 0 Å². The molecule has 1 aliphatic carbocycles. The Morgan fingerprint density at radius 2 is 1.62 bits per heavy atom. The summed E-state index contributed by atoms with van der Waals surface area (Å²) in [4.78, 5) is 24.4. The van der Waals surface area contributed by atoms with Crippen LogP contribution in [0.2, 0.25) is 0 Å². The molecular weight excluding hydrogens is 166 g/mol. The lowest BCUT2D eigenvalue weighted by molar-refractivity contribution is -0.136. The van der Waals surface area contributed by atoms with Crippen molar-refractivity contribution in [2.45, 2.75) is 25.7 Å². The van der Waals surface area contributed by atoms with Gasteiger partial charge in [0.25, 0.3) is 0 Å². The molecule has 2 rings (SSSR count). The van der Waals surface area contributed by atoms with Gasteiger partial charge in [-0.1, -0.05) is 19.4 Å². The van der Waals surface area contributed by atoms with Crippen LogP contribution in [0.25, 0.3) is 0 Å². The van der Waals surface area contributed by atoms with Crippen molar-refractivity contribution in [1.29, 1.82) is 0 Å². The number of carbonyl (C=O) groups excluding carboxylic acids is 2. The van der Waals surface area contributed by atoms with Crippen LogP contribution >= 0.6 is 0 Å². The minimum Gasteiger partial charge on any atom is -0.274 e. The first-order valence-corrected chi connectivity index (χ1v) is 4.75. The largest absolute Gasteiger partial charge is 0.274 e. The first kappa shape index (κ1) is 8.48. The van der Waals surface area contributed by atoms with Crippen LogP contribution in [0.5, 0.6) is 0 Å². The van der Waals surface area contributed by atoms with Crippen LogP contribution < -0.4 is 0 Å². The first-order valence-electron chi connectivity index (χ1n) is 4.75. The summed E-state index contributed by atoms with van der Waals surface area (Å²) in [7, 11) is 0. The fourth-order valence-corrected chi connectivity index (χ4v) is 2.37. The number of hydrogen-bond donors (Lipinski definition) is 0. The molecular formula is C10H13NO2. The van der Waals surface area contributed by atoms with Crippen molar-refractivity contribution in [2.24, 2.45) is 11.8 Å². The molecule has 0 aromatic carbocycles. The maximum absolute atomic E-state index is 11.6. The Morgan fingerprint density at radius 1 is 1.15 bits per heavy atom. The smallest absolute Gasteiger partial charge is 0.237 e. The van der Waals surface area contributed by atoms with Crippen LogP contribution in [-0.2, 0) is 9.59 Å². The second-order valence-corrected chi connectivity index (χ2v) is 3.73. The summed E-state index contributed by atoms with van der Waals surface area (Å²) in [5, 5.41) is 0. The van der Waals surface area contributed by atoms with Crippen molar-refractivity contribution in [3.05, 3.63) is 12.8 Å². The van der Waals surface area contributed by atoms with Crippen molar-refractivity contribution < 1.29 is 9.59 Å². The van der Waals surface area contributed by atoms with E-state index >= 15 is 0 Å². The number of hydrogen-bond acceptors (Lipinski definition) is 2. The van der Waals surface area contributed by atoms with Gasteiger partial charge in [0, 0.05) is 6.20 Å². The Hall–Kier alpha value is -1.12. The third-order valence-corrected chi connectivity index (χ3v) is 3.06. The van der Waals surface area contributed by atoms with Gasteiger partial charge in [-0.15, -0.1) is 0 Å². The molecule has 2 amide bonds. The zero-order valence-corrected chi connectivity index (χ0v) is 7.53. The van der Waals surface area contributed by atoms with Crippen molar-refractivity contribution in [1.82, 2.24) is 4.90 Å². The lowest BCUT2D eigenvalue weighted by Gasteiger charge is -2.19. The molecule has 0 aromatic heterocycles. The summed E-state index contributed by atoms with van der Waals surface area (Å²) in [5.41, 5.74) is 0. The van der Waals surface area contributed by atoms with Crippen molar-refractivity contribution >= 4 is 11.8 Å². The van der Waals surface area contributed by atoms with E-state index in [-0.39, 0.29) is 23.7 Å². The second-order valence-electron chi connectivity index (χ2n) is 3.73. The molecule has 3 nitrogen and oxygen atoms in total. The maximum atomic E-state index is 11.6. The van der Waals surface area contributed by atoms with Gasteiger partial charge in [0.1, 0.15) is 0 Å². The quantitative estimate of drug-likeness (QED) is 0.569. The van der Waals surface area contributed by atoms with Crippen molar-refractivity contribution in [3.63, 3.8) is 0 Å². The minimum absolute atomic E-state index is 0.0373. The SMILES string of the molecule is C=CN1C(=O)[C@H]2CCCC[C@H]2C1=O. The summed E-state index contributed by atoms with van der Waals surface area (Å²) >= 11 is 0. The summed E-state index contributed by atoms with van der Waals surface area (Å²) in [5.74, 6) is -0.159. The van der Waals surface area contributed by atoms with Gasteiger partial charge in [-0.05, 0) is 12.8 Å². The lowest BCUT2D eigenvalue weighted by atomic mass is 9.81. The van der Waals surface area contributed by atoms with Crippen molar-refractivity contribution in [3.8, 4) is 0 Å². The second kappa shape index (κ2) is 2.98. The van der Waals surface area contributed by atoms with Crippen LogP contribution in [-0.4, -0.2) is 16.7 Å². The molecule has 0 radical (unpaired) electrons. The van der Waals surface area contributed by atoms with E-state index in [9.17, 15) is 9.59 Å². The van der Waals surface area contributed by atoms with Gasteiger partial charge in [-0.3, -0.25) is 14.5 Å². The van der Waals surface area contributed by atoms with E-state index in [1.54, 1.807) is 0 Å². The number of rotatable bonds is 1. The molecule has 0 aromatic rings. The van der Waals surface area contributed by atoms with Crippen LogP contribution in [0.3, 0.4) is 0 Å². The molecule has 13 heavy (non-hydrogen) atoms. The number of amides is 2. The molecule has 1 saturated heterocycles. The molecule has 3 heteroatoms. The van der Waals surface area contributed by atoms with Gasteiger partial charge in [-0.2, -0.15) is 0 Å². The minimum atomic E-state index is -0.0424. The highest BCUT2D eigenvalue weighted by molar-refractivity contribution is 6.06. The topological polar surface area (TPSA) is 37.4 Å². The fourth-order valence-electron chi connectivity index (χ4n) is 2.37.